The SMILES string of the molecule is NNc1ccc(Cl)c(C(=O)NCCc2ccc(Br)s2)n1. The lowest BCUT2D eigenvalue weighted by atomic mass is 10.3. The second kappa shape index (κ2) is 7.03. The molecule has 0 spiro atoms. The lowest BCUT2D eigenvalue weighted by Gasteiger charge is -2.07. The molecular weight excluding hydrogens is 364 g/mol. The molecule has 2 aromatic rings. The smallest absolute Gasteiger partial charge is 0.271 e. The van der Waals surface area contributed by atoms with Gasteiger partial charge in [-0.15, -0.1) is 11.3 Å². The summed E-state index contributed by atoms with van der Waals surface area (Å²) in [5.74, 6) is 5.33. The van der Waals surface area contributed by atoms with Crippen LogP contribution in [0.1, 0.15) is 15.4 Å². The Labute approximate surface area is 133 Å². The zero-order valence-corrected chi connectivity index (χ0v) is 13.5. The molecule has 2 heterocycles. The summed E-state index contributed by atoms with van der Waals surface area (Å²) in [5, 5.41) is 3.08. The van der Waals surface area contributed by atoms with Crippen LogP contribution in [0.2, 0.25) is 5.02 Å². The normalized spacial score (nSPS) is 10.3. The summed E-state index contributed by atoms with van der Waals surface area (Å²) in [6.07, 6.45) is 0.758. The number of hydrazine groups is 1. The standard InChI is InChI=1S/C12H12BrClN4OS/c13-9-3-1-7(20-9)5-6-16-12(19)11-8(14)2-4-10(17-11)18-15/h1-4H,5-6,15H2,(H,16,19)(H,17,18). The lowest BCUT2D eigenvalue weighted by molar-refractivity contribution is 0.0949. The minimum atomic E-state index is -0.317. The number of carbonyl (C=O) groups excluding carboxylic acids is 1. The number of nitrogen functional groups attached to an aromatic ring is 1. The monoisotopic (exact) mass is 374 g/mol. The van der Waals surface area contributed by atoms with E-state index in [1.165, 1.54) is 4.88 Å². The van der Waals surface area contributed by atoms with Gasteiger partial charge in [-0.05, 0) is 46.6 Å². The van der Waals surface area contributed by atoms with Crippen molar-refractivity contribution in [3.8, 4) is 0 Å². The average molecular weight is 376 g/mol. The molecule has 20 heavy (non-hydrogen) atoms. The number of thiophene rings is 1. The number of pyridine rings is 1. The van der Waals surface area contributed by atoms with Crippen LogP contribution < -0.4 is 16.6 Å². The molecule has 0 bridgehead atoms. The predicted molar refractivity (Wildman–Crippen MR) is 85.1 cm³/mol. The van der Waals surface area contributed by atoms with Crippen LogP contribution >= 0.6 is 38.9 Å². The molecule has 0 radical (unpaired) electrons. The molecule has 0 fully saturated rings. The van der Waals surface area contributed by atoms with Crippen LogP contribution in [0.3, 0.4) is 0 Å². The maximum absolute atomic E-state index is 12.0. The Kier molecular flexibility index (Phi) is 5.36. The Morgan fingerprint density at radius 1 is 1.40 bits per heavy atom. The first-order valence-corrected chi connectivity index (χ1v) is 7.74. The van der Waals surface area contributed by atoms with Crippen molar-refractivity contribution in [3.05, 3.63) is 43.6 Å². The molecule has 8 heteroatoms. The van der Waals surface area contributed by atoms with Crippen molar-refractivity contribution in [1.82, 2.24) is 10.3 Å². The topological polar surface area (TPSA) is 80.0 Å². The van der Waals surface area contributed by atoms with E-state index in [9.17, 15) is 4.79 Å². The van der Waals surface area contributed by atoms with E-state index in [2.05, 4.69) is 31.7 Å². The van der Waals surface area contributed by atoms with Gasteiger partial charge in [0, 0.05) is 11.4 Å². The van der Waals surface area contributed by atoms with Gasteiger partial charge in [0.2, 0.25) is 0 Å². The van der Waals surface area contributed by atoms with Crippen molar-refractivity contribution in [2.45, 2.75) is 6.42 Å². The fourth-order valence-corrected chi connectivity index (χ4v) is 3.22. The minimum Gasteiger partial charge on any atom is -0.350 e. The van der Waals surface area contributed by atoms with Crippen LogP contribution in [-0.4, -0.2) is 17.4 Å². The van der Waals surface area contributed by atoms with Crippen molar-refractivity contribution in [3.63, 3.8) is 0 Å². The number of nitrogens with zero attached hydrogens (tertiary/aromatic N) is 1. The van der Waals surface area contributed by atoms with Crippen LogP contribution in [0.25, 0.3) is 0 Å². The molecule has 1 amide bonds. The van der Waals surface area contributed by atoms with E-state index in [-0.39, 0.29) is 11.6 Å². The molecule has 0 unspecified atom stereocenters. The molecule has 5 nitrogen and oxygen atoms in total. The number of halogens is 2. The first kappa shape index (κ1) is 15.2. The molecule has 0 atom stereocenters. The Bertz CT molecular complexity index is 619. The lowest BCUT2D eigenvalue weighted by Crippen LogP contribution is -2.27. The number of anilines is 1. The van der Waals surface area contributed by atoms with Gasteiger partial charge in [-0.1, -0.05) is 11.6 Å². The third-order valence-corrected chi connectivity index (χ3v) is 4.48. The zero-order chi connectivity index (χ0) is 14.5. The number of nitrogens with one attached hydrogen (secondary N) is 2. The fourth-order valence-electron chi connectivity index (χ4n) is 1.55. The summed E-state index contributed by atoms with van der Waals surface area (Å²) in [4.78, 5) is 17.2. The highest BCUT2D eigenvalue weighted by Crippen LogP contribution is 2.22. The van der Waals surface area contributed by atoms with Gasteiger partial charge >= 0.3 is 0 Å². The Morgan fingerprint density at radius 3 is 2.85 bits per heavy atom. The molecule has 0 aromatic carbocycles. The first-order chi connectivity index (χ1) is 9.60. The van der Waals surface area contributed by atoms with E-state index in [1.54, 1.807) is 23.5 Å². The number of hydrogen-bond donors (Lipinski definition) is 3. The van der Waals surface area contributed by atoms with E-state index in [1.807, 2.05) is 12.1 Å². The first-order valence-electron chi connectivity index (χ1n) is 5.75. The summed E-state index contributed by atoms with van der Waals surface area (Å²) < 4.78 is 1.07. The molecular formula is C12H12BrClN4OS. The molecule has 4 N–H and O–H groups in total. The maximum atomic E-state index is 12.0. The summed E-state index contributed by atoms with van der Waals surface area (Å²) in [6.45, 7) is 0.518. The number of hydrogen-bond acceptors (Lipinski definition) is 5. The van der Waals surface area contributed by atoms with Crippen molar-refractivity contribution in [2.24, 2.45) is 5.84 Å². The number of amides is 1. The van der Waals surface area contributed by atoms with Crippen LogP contribution in [0.4, 0.5) is 5.82 Å². The minimum absolute atomic E-state index is 0.162. The highest BCUT2D eigenvalue weighted by atomic mass is 79.9. The number of rotatable bonds is 5. The summed E-state index contributed by atoms with van der Waals surface area (Å²) in [6, 6.07) is 7.18. The second-order valence-corrected chi connectivity index (χ2v) is 6.84. The van der Waals surface area contributed by atoms with Gasteiger partial charge in [0.1, 0.15) is 11.5 Å². The fraction of sp³-hybridized carbons (Fsp3) is 0.167. The second-order valence-electron chi connectivity index (χ2n) is 3.88. The third-order valence-electron chi connectivity index (χ3n) is 2.49. The molecule has 0 aliphatic rings. The molecule has 0 aliphatic heterocycles. The van der Waals surface area contributed by atoms with E-state index < -0.39 is 0 Å². The van der Waals surface area contributed by atoms with Crippen molar-refractivity contribution < 1.29 is 4.79 Å². The van der Waals surface area contributed by atoms with Gasteiger partial charge in [0.05, 0.1) is 8.81 Å². The number of nitrogens with two attached hydrogens (primary N) is 1. The average Bonchev–Trinajstić information content (AvgIpc) is 2.85. The van der Waals surface area contributed by atoms with E-state index in [0.29, 0.717) is 17.4 Å². The van der Waals surface area contributed by atoms with Crippen LogP contribution in [0, 0.1) is 0 Å². The summed E-state index contributed by atoms with van der Waals surface area (Å²) in [7, 11) is 0. The highest BCUT2D eigenvalue weighted by molar-refractivity contribution is 9.11. The highest BCUT2D eigenvalue weighted by Gasteiger charge is 2.12. The third kappa shape index (κ3) is 3.92. The van der Waals surface area contributed by atoms with Crippen molar-refractivity contribution >= 4 is 50.6 Å². The predicted octanol–water partition coefficient (Wildman–Crippen LogP) is 2.82. The molecule has 2 aromatic heterocycles. The Balaban J connectivity index is 1.94. The number of carbonyl (C=O) groups is 1. The van der Waals surface area contributed by atoms with Crippen LogP contribution in [0.15, 0.2) is 28.1 Å². The molecule has 0 saturated heterocycles. The van der Waals surface area contributed by atoms with Gasteiger partial charge < -0.3 is 10.7 Å². The zero-order valence-electron chi connectivity index (χ0n) is 10.3. The van der Waals surface area contributed by atoms with Gasteiger partial charge in [-0.25, -0.2) is 10.8 Å². The Morgan fingerprint density at radius 2 is 2.20 bits per heavy atom. The van der Waals surface area contributed by atoms with Crippen molar-refractivity contribution in [1.29, 1.82) is 0 Å². The van der Waals surface area contributed by atoms with Crippen LogP contribution in [-0.2, 0) is 6.42 Å². The molecule has 2 rings (SSSR count). The maximum Gasteiger partial charge on any atom is 0.271 e. The summed E-state index contributed by atoms with van der Waals surface area (Å²) in [5.41, 5.74) is 2.54. The molecule has 106 valence electrons. The number of aromatic nitrogens is 1. The van der Waals surface area contributed by atoms with Crippen LogP contribution in [0.5, 0.6) is 0 Å². The van der Waals surface area contributed by atoms with Gasteiger partial charge in [-0.3, -0.25) is 4.79 Å². The van der Waals surface area contributed by atoms with Gasteiger partial charge in [0.15, 0.2) is 0 Å². The van der Waals surface area contributed by atoms with Gasteiger partial charge in [-0.2, -0.15) is 0 Å². The quantitative estimate of drug-likeness (QED) is 0.554. The van der Waals surface area contributed by atoms with E-state index in [0.717, 1.165) is 10.2 Å². The van der Waals surface area contributed by atoms with Gasteiger partial charge in [0.25, 0.3) is 5.91 Å². The molecule has 0 aliphatic carbocycles. The van der Waals surface area contributed by atoms with E-state index >= 15 is 0 Å². The largest absolute Gasteiger partial charge is 0.350 e. The van der Waals surface area contributed by atoms with Crippen molar-refractivity contribution in [2.75, 3.05) is 12.0 Å². The summed E-state index contributed by atoms with van der Waals surface area (Å²) >= 11 is 11.0. The van der Waals surface area contributed by atoms with E-state index in [4.69, 9.17) is 17.4 Å². The molecule has 0 saturated carbocycles. The Hall–Kier alpha value is -1.15.